The summed E-state index contributed by atoms with van der Waals surface area (Å²) in [4.78, 5) is 17.1. The number of carbonyl (C=O) groups excluding carboxylic acids is 1. The maximum Gasteiger partial charge on any atom is 0.233 e. The lowest BCUT2D eigenvalue weighted by molar-refractivity contribution is -0.130. The molecule has 0 N–H and O–H groups in total. The van der Waals surface area contributed by atoms with Gasteiger partial charge in [0, 0.05) is 26.2 Å². The molecule has 2 unspecified atom stereocenters. The third-order valence-corrected chi connectivity index (χ3v) is 6.73. The van der Waals surface area contributed by atoms with Gasteiger partial charge in [-0.15, -0.1) is 10.2 Å². The van der Waals surface area contributed by atoms with Crippen LogP contribution in [0.1, 0.15) is 45.3 Å². The number of hydrogen-bond donors (Lipinski definition) is 0. The van der Waals surface area contributed by atoms with Gasteiger partial charge in [-0.25, -0.2) is 0 Å². The van der Waals surface area contributed by atoms with Crippen molar-refractivity contribution in [3.63, 3.8) is 0 Å². The van der Waals surface area contributed by atoms with Gasteiger partial charge in [-0.2, -0.15) is 0 Å². The molecule has 2 atom stereocenters. The number of aromatic nitrogens is 3. The molecule has 0 bridgehead atoms. The molecule has 29 heavy (non-hydrogen) atoms. The third kappa shape index (κ3) is 4.97. The van der Waals surface area contributed by atoms with Crippen LogP contribution in [-0.2, 0) is 11.3 Å². The second-order valence-corrected chi connectivity index (χ2v) is 9.47. The van der Waals surface area contributed by atoms with Gasteiger partial charge in [-0.3, -0.25) is 9.36 Å². The van der Waals surface area contributed by atoms with E-state index in [0.29, 0.717) is 24.1 Å². The number of carbonyl (C=O) groups is 1. The predicted octanol–water partition coefficient (Wildman–Crippen LogP) is 3.51. The number of nitrogens with zero attached hydrogens (tertiary/aromatic N) is 5. The maximum absolute atomic E-state index is 12.8. The van der Waals surface area contributed by atoms with Gasteiger partial charge in [0.2, 0.25) is 11.9 Å². The van der Waals surface area contributed by atoms with Crippen molar-refractivity contribution in [3.8, 4) is 0 Å². The summed E-state index contributed by atoms with van der Waals surface area (Å²) in [5, 5.41) is 9.71. The van der Waals surface area contributed by atoms with Crippen molar-refractivity contribution >= 4 is 23.6 Å². The molecule has 2 fully saturated rings. The van der Waals surface area contributed by atoms with Gasteiger partial charge in [0.05, 0.1) is 18.6 Å². The highest BCUT2D eigenvalue weighted by atomic mass is 32.2. The highest BCUT2D eigenvalue weighted by Gasteiger charge is 2.26. The minimum atomic E-state index is 0.195. The summed E-state index contributed by atoms with van der Waals surface area (Å²) in [5.41, 5.74) is 0. The van der Waals surface area contributed by atoms with E-state index >= 15 is 0 Å². The minimum Gasteiger partial charge on any atom is -0.467 e. The molecule has 7 nitrogen and oxygen atoms in total. The Bertz CT molecular complexity index is 790. The fourth-order valence-corrected chi connectivity index (χ4v) is 5.33. The molecule has 0 aromatic carbocycles. The first-order valence-electron chi connectivity index (χ1n) is 10.7. The number of anilines is 1. The fraction of sp³-hybridized carbons (Fsp3) is 0.667. The van der Waals surface area contributed by atoms with Crippen molar-refractivity contribution in [1.82, 2.24) is 19.7 Å². The fourth-order valence-electron chi connectivity index (χ4n) is 4.50. The monoisotopic (exact) mass is 417 g/mol. The Kier molecular flexibility index (Phi) is 6.47. The van der Waals surface area contributed by atoms with E-state index in [2.05, 4.69) is 33.5 Å². The number of piperidine rings is 2. The predicted molar refractivity (Wildman–Crippen MR) is 114 cm³/mol. The van der Waals surface area contributed by atoms with Crippen LogP contribution < -0.4 is 4.90 Å². The highest BCUT2D eigenvalue weighted by molar-refractivity contribution is 7.99. The first kappa shape index (κ1) is 20.3. The topological polar surface area (TPSA) is 67.4 Å². The molecule has 2 aromatic rings. The summed E-state index contributed by atoms with van der Waals surface area (Å²) in [6, 6.07) is 3.87. The molecule has 0 saturated carbocycles. The zero-order valence-corrected chi connectivity index (χ0v) is 18.2. The standard InChI is InChI=1S/C21H31N5O2S/c1-16-11-17(2)13-25(12-16)19(27)15-29-21-23-22-20(24-8-4-3-5-9-24)26(21)14-18-7-6-10-28-18/h6-7,10,16-17H,3-5,8-9,11-15H2,1-2H3. The molecule has 1 amide bonds. The van der Waals surface area contributed by atoms with E-state index in [1.54, 1.807) is 6.26 Å². The van der Waals surface area contributed by atoms with Crippen LogP contribution in [-0.4, -0.2) is 57.5 Å². The van der Waals surface area contributed by atoms with E-state index in [-0.39, 0.29) is 5.91 Å². The van der Waals surface area contributed by atoms with Crippen molar-refractivity contribution in [3.05, 3.63) is 24.2 Å². The van der Waals surface area contributed by atoms with Crippen molar-refractivity contribution < 1.29 is 9.21 Å². The van der Waals surface area contributed by atoms with Crippen molar-refractivity contribution in [2.24, 2.45) is 11.8 Å². The van der Waals surface area contributed by atoms with E-state index in [1.165, 1.54) is 37.4 Å². The Hall–Kier alpha value is -1.96. The van der Waals surface area contributed by atoms with E-state index < -0.39 is 0 Å². The smallest absolute Gasteiger partial charge is 0.233 e. The Morgan fingerprint density at radius 2 is 1.93 bits per heavy atom. The second-order valence-electron chi connectivity index (χ2n) is 8.53. The van der Waals surface area contributed by atoms with Crippen molar-refractivity contribution in [1.29, 1.82) is 0 Å². The Balaban J connectivity index is 1.47. The average molecular weight is 418 g/mol. The number of amides is 1. The van der Waals surface area contributed by atoms with Gasteiger partial charge in [0.15, 0.2) is 5.16 Å². The molecule has 4 heterocycles. The van der Waals surface area contributed by atoms with Gasteiger partial charge < -0.3 is 14.2 Å². The normalized spacial score (nSPS) is 22.8. The summed E-state index contributed by atoms with van der Waals surface area (Å²) in [6.07, 6.45) is 6.52. The molecule has 2 saturated heterocycles. The van der Waals surface area contributed by atoms with Gasteiger partial charge in [-0.05, 0) is 49.7 Å². The lowest BCUT2D eigenvalue weighted by Crippen LogP contribution is -2.43. The zero-order valence-electron chi connectivity index (χ0n) is 17.4. The molecule has 158 valence electrons. The molecular weight excluding hydrogens is 386 g/mol. The molecular formula is C21H31N5O2S. The minimum absolute atomic E-state index is 0.195. The first-order valence-corrected chi connectivity index (χ1v) is 11.7. The summed E-state index contributed by atoms with van der Waals surface area (Å²) in [5.74, 6) is 3.49. The van der Waals surface area contributed by atoms with E-state index in [1.807, 2.05) is 17.0 Å². The third-order valence-electron chi connectivity index (χ3n) is 5.78. The maximum atomic E-state index is 12.8. The van der Waals surface area contributed by atoms with Gasteiger partial charge in [0.1, 0.15) is 5.76 Å². The van der Waals surface area contributed by atoms with E-state index in [9.17, 15) is 4.79 Å². The molecule has 8 heteroatoms. The van der Waals surface area contributed by atoms with Crippen LogP contribution in [0.15, 0.2) is 28.0 Å². The lowest BCUT2D eigenvalue weighted by atomic mass is 9.92. The van der Waals surface area contributed by atoms with E-state index in [4.69, 9.17) is 4.42 Å². The van der Waals surface area contributed by atoms with Crippen LogP contribution in [0.4, 0.5) is 5.95 Å². The summed E-state index contributed by atoms with van der Waals surface area (Å²) in [7, 11) is 0. The summed E-state index contributed by atoms with van der Waals surface area (Å²) < 4.78 is 7.67. The van der Waals surface area contributed by atoms with Crippen molar-refractivity contribution in [2.45, 2.75) is 51.2 Å². The first-order chi connectivity index (χ1) is 14.1. The van der Waals surface area contributed by atoms with Crippen LogP contribution in [0.3, 0.4) is 0 Å². The highest BCUT2D eigenvalue weighted by Crippen LogP contribution is 2.27. The van der Waals surface area contributed by atoms with Gasteiger partial charge in [-0.1, -0.05) is 25.6 Å². The molecule has 0 spiro atoms. The Morgan fingerprint density at radius 3 is 2.62 bits per heavy atom. The van der Waals surface area contributed by atoms with Crippen LogP contribution in [0.2, 0.25) is 0 Å². The lowest BCUT2D eigenvalue weighted by Gasteiger charge is -2.35. The van der Waals surface area contributed by atoms with Crippen LogP contribution >= 0.6 is 11.8 Å². The molecule has 2 aromatic heterocycles. The summed E-state index contributed by atoms with van der Waals surface area (Å²) >= 11 is 1.49. The van der Waals surface area contributed by atoms with Gasteiger partial charge >= 0.3 is 0 Å². The zero-order chi connectivity index (χ0) is 20.2. The quantitative estimate of drug-likeness (QED) is 0.670. The van der Waals surface area contributed by atoms with Crippen LogP contribution in [0, 0.1) is 11.8 Å². The average Bonchev–Trinajstić information content (AvgIpc) is 3.36. The number of furan rings is 1. The van der Waals surface area contributed by atoms with Crippen molar-refractivity contribution in [2.75, 3.05) is 36.8 Å². The molecule has 2 aliphatic heterocycles. The van der Waals surface area contributed by atoms with Crippen LogP contribution in [0.25, 0.3) is 0 Å². The molecule has 2 aliphatic rings. The molecule has 0 aliphatic carbocycles. The number of likely N-dealkylation sites (tertiary alicyclic amines) is 1. The number of thioether (sulfide) groups is 1. The SMILES string of the molecule is CC1CC(C)CN(C(=O)CSc2nnc(N3CCCCC3)n2Cc2ccco2)C1. The largest absolute Gasteiger partial charge is 0.467 e. The van der Waals surface area contributed by atoms with Gasteiger partial charge in [0.25, 0.3) is 0 Å². The Morgan fingerprint density at radius 1 is 1.17 bits per heavy atom. The van der Waals surface area contributed by atoms with Crippen LogP contribution in [0.5, 0.6) is 0 Å². The number of hydrogen-bond acceptors (Lipinski definition) is 6. The molecule has 0 radical (unpaired) electrons. The number of rotatable bonds is 6. The second kappa shape index (κ2) is 9.24. The van der Waals surface area contributed by atoms with E-state index in [0.717, 1.165) is 43.0 Å². The molecule has 4 rings (SSSR count). The Labute approximate surface area is 176 Å². The summed E-state index contributed by atoms with van der Waals surface area (Å²) in [6.45, 7) is 8.78.